The summed E-state index contributed by atoms with van der Waals surface area (Å²) in [6, 6.07) is 6.27. The van der Waals surface area contributed by atoms with Crippen molar-refractivity contribution in [1.29, 1.82) is 0 Å². The van der Waals surface area contributed by atoms with Crippen molar-refractivity contribution in [3.8, 4) is 11.8 Å². The number of nitrogens with one attached hydrogen (secondary N) is 2. The molecule has 0 saturated heterocycles. The molecule has 0 heterocycles. The van der Waals surface area contributed by atoms with E-state index in [0.29, 0.717) is 11.1 Å². The minimum atomic E-state index is -0.587. The second-order valence-corrected chi connectivity index (χ2v) is 3.90. The van der Waals surface area contributed by atoms with Crippen LogP contribution < -0.4 is 16.4 Å². The third-order valence-electron chi connectivity index (χ3n) is 2.45. The Bertz CT molecular complexity index is 529. The highest BCUT2D eigenvalue weighted by atomic mass is 16.2. The van der Waals surface area contributed by atoms with Gasteiger partial charge in [-0.3, -0.25) is 9.59 Å². The van der Waals surface area contributed by atoms with Gasteiger partial charge in [-0.2, -0.15) is 0 Å². The standard InChI is InChI=1S/C14H17N3O2/c1-10(13(18)16-2)17-14(19)12-7-3-5-11(9-12)6-4-8-15/h3,5,7,9-10H,8,15H2,1-2H3,(H,16,18)(H,17,19). The second-order valence-electron chi connectivity index (χ2n) is 3.90. The number of rotatable bonds is 3. The Hall–Kier alpha value is -2.32. The van der Waals surface area contributed by atoms with Gasteiger partial charge in [0.15, 0.2) is 0 Å². The first-order valence-electron chi connectivity index (χ1n) is 5.90. The molecule has 0 bridgehead atoms. The van der Waals surface area contributed by atoms with E-state index in [1.165, 1.54) is 7.05 Å². The van der Waals surface area contributed by atoms with Gasteiger partial charge in [-0.05, 0) is 25.1 Å². The van der Waals surface area contributed by atoms with Crippen LogP contribution in [0.5, 0.6) is 0 Å². The van der Waals surface area contributed by atoms with Crippen LogP contribution in [0.2, 0.25) is 0 Å². The van der Waals surface area contributed by atoms with Crippen LogP contribution in [0.4, 0.5) is 0 Å². The summed E-state index contributed by atoms with van der Waals surface area (Å²) in [6.07, 6.45) is 0. The summed E-state index contributed by atoms with van der Waals surface area (Å²) < 4.78 is 0. The lowest BCUT2D eigenvalue weighted by Crippen LogP contribution is -2.43. The van der Waals surface area contributed by atoms with Crippen molar-refractivity contribution in [1.82, 2.24) is 10.6 Å². The Morgan fingerprint density at radius 2 is 2.16 bits per heavy atom. The Morgan fingerprint density at radius 3 is 2.79 bits per heavy atom. The monoisotopic (exact) mass is 259 g/mol. The lowest BCUT2D eigenvalue weighted by atomic mass is 10.1. The molecule has 100 valence electrons. The van der Waals surface area contributed by atoms with E-state index in [4.69, 9.17) is 5.73 Å². The molecule has 0 fully saturated rings. The maximum atomic E-state index is 11.9. The average Bonchev–Trinajstić information content (AvgIpc) is 2.44. The molecule has 1 aromatic carbocycles. The molecule has 0 radical (unpaired) electrons. The van der Waals surface area contributed by atoms with E-state index in [1.54, 1.807) is 31.2 Å². The fourth-order valence-corrected chi connectivity index (χ4v) is 1.45. The van der Waals surface area contributed by atoms with Crippen LogP contribution in [-0.2, 0) is 4.79 Å². The molecule has 1 atom stereocenters. The van der Waals surface area contributed by atoms with E-state index >= 15 is 0 Å². The smallest absolute Gasteiger partial charge is 0.251 e. The molecule has 5 heteroatoms. The van der Waals surface area contributed by atoms with Crippen LogP contribution >= 0.6 is 0 Å². The van der Waals surface area contributed by atoms with Crippen LogP contribution in [0.25, 0.3) is 0 Å². The van der Waals surface area contributed by atoms with E-state index in [2.05, 4.69) is 22.5 Å². The highest BCUT2D eigenvalue weighted by molar-refractivity contribution is 5.97. The molecule has 0 aliphatic carbocycles. The molecular weight excluding hydrogens is 242 g/mol. The molecule has 2 amide bonds. The SMILES string of the molecule is CNC(=O)C(C)NC(=O)c1cccc(C#CCN)c1. The quantitative estimate of drug-likeness (QED) is 0.661. The van der Waals surface area contributed by atoms with Crippen molar-refractivity contribution >= 4 is 11.8 Å². The van der Waals surface area contributed by atoms with Gasteiger partial charge in [0.25, 0.3) is 5.91 Å². The Morgan fingerprint density at radius 1 is 1.42 bits per heavy atom. The number of hydrogen-bond donors (Lipinski definition) is 3. The molecule has 19 heavy (non-hydrogen) atoms. The van der Waals surface area contributed by atoms with E-state index in [9.17, 15) is 9.59 Å². The minimum Gasteiger partial charge on any atom is -0.357 e. The molecule has 4 N–H and O–H groups in total. The molecule has 1 aromatic rings. The van der Waals surface area contributed by atoms with Gasteiger partial charge in [0, 0.05) is 18.2 Å². The number of carbonyl (C=O) groups is 2. The largest absolute Gasteiger partial charge is 0.357 e. The van der Waals surface area contributed by atoms with Crippen LogP contribution in [0.15, 0.2) is 24.3 Å². The minimum absolute atomic E-state index is 0.243. The first kappa shape index (κ1) is 14.7. The molecule has 1 unspecified atom stereocenters. The molecule has 0 aromatic heterocycles. The number of amides is 2. The summed E-state index contributed by atoms with van der Waals surface area (Å²) in [7, 11) is 1.52. The van der Waals surface area contributed by atoms with Gasteiger partial charge >= 0.3 is 0 Å². The molecule has 0 aliphatic heterocycles. The van der Waals surface area contributed by atoms with Gasteiger partial charge in [0.1, 0.15) is 6.04 Å². The zero-order chi connectivity index (χ0) is 14.3. The molecular formula is C14H17N3O2. The fraction of sp³-hybridized carbons (Fsp3) is 0.286. The van der Waals surface area contributed by atoms with Gasteiger partial charge in [-0.15, -0.1) is 0 Å². The number of likely N-dealkylation sites (N-methyl/N-ethyl adjacent to an activating group) is 1. The van der Waals surface area contributed by atoms with Gasteiger partial charge in [0.2, 0.25) is 5.91 Å². The molecule has 0 saturated carbocycles. The number of carbonyl (C=O) groups excluding carboxylic acids is 2. The zero-order valence-corrected chi connectivity index (χ0v) is 11.0. The number of nitrogens with two attached hydrogens (primary N) is 1. The average molecular weight is 259 g/mol. The van der Waals surface area contributed by atoms with Crippen molar-refractivity contribution in [2.24, 2.45) is 5.73 Å². The third-order valence-corrected chi connectivity index (χ3v) is 2.45. The maximum absolute atomic E-state index is 11.9. The Labute approximate surface area is 112 Å². The highest BCUT2D eigenvalue weighted by Crippen LogP contribution is 2.04. The van der Waals surface area contributed by atoms with Gasteiger partial charge in [0.05, 0.1) is 6.54 Å². The van der Waals surface area contributed by atoms with Crippen molar-refractivity contribution in [2.45, 2.75) is 13.0 Å². The predicted molar refractivity (Wildman–Crippen MR) is 73.4 cm³/mol. The lowest BCUT2D eigenvalue weighted by molar-refractivity contribution is -0.122. The summed E-state index contributed by atoms with van der Waals surface area (Å²) >= 11 is 0. The normalized spacial score (nSPS) is 10.9. The topological polar surface area (TPSA) is 84.2 Å². The summed E-state index contributed by atoms with van der Waals surface area (Å²) in [5.74, 6) is 5.02. The van der Waals surface area contributed by atoms with Crippen LogP contribution in [-0.4, -0.2) is 31.4 Å². The first-order valence-corrected chi connectivity index (χ1v) is 5.90. The lowest BCUT2D eigenvalue weighted by Gasteiger charge is -2.12. The molecule has 5 nitrogen and oxygen atoms in total. The zero-order valence-electron chi connectivity index (χ0n) is 11.0. The number of benzene rings is 1. The Kier molecular flexibility index (Phi) is 5.58. The molecule has 0 spiro atoms. The summed E-state index contributed by atoms with van der Waals surface area (Å²) in [6.45, 7) is 1.89. The van der Waals surface area contributed by atoms with Crippen LogP contribution in [0.3, 0.4) is 0 Å². The predicted octanol–water partition coefficient (Wildman–Crippen LogP) is -0.139. The van der Waals surface area contributed by atoms with Crippen LogP contribution in [0, 0.1) is 11.8 Å². The summed E-state index contributed by atoms with van der Waals surface area (Å²) in [5.41, 5.74) is 6.46. The summed E-state index contributed by atoms with van der Waals surface area (Å²) in [4.78, 5) is 23.3. The maximum Gasteiger partial charge on any atom is 0.251 e. The molecule has 0 aliphatic rings. The van der Waals surface area contributed by atoms with Gasteiger partial charge < -0.3 is 16.4 Å². The van der Waals surface area contributed by atoms with E-state index < -0.39 is 6.04 Å². The first-order chi connectivity index (χ1) is 9.08. The second kappa shape index (κ2) is 7.19. The highest BCUT2D eigenvalue weighted by Gasteiger charge is 2.15. The molecule has 1 rings (SSSR count). The fourth-order valence-electron chi connectivity index (χ4n) is 1.45. The van der Waals surface area contributed by atoms with E-state index in [-0.39, 0.29) is 18.4 Å². The van der Waals surface area contributed by atoms with Gasteiger partial charge in [-0.25, -0.2) is 0 Å². The van der Waals surface area contributed by atoms with Gasteiger partial charge in [-0.1, -0.05) is 17.9 Å². The summed E-state index contributed by atoms with van der Waals surface area (Å²) in [5, 5.41) is 5.08. The third kappa shape index (κ3) is 4.45. The van der Waals surface area contributed by atoms with E-state index in [0.717, 1.165) is 0 Å². The Balaban J connectivity index is 2.80. The van der Waals surface area contributed by atoms with Crippen molar-refractivity contribution in [3.63, 3.8) is 0 Å². The van der Waals surface area contributed by atoms with E-state index in [1.807, 2.05) is 0 Å². The van der Waals surface area contributed by atoms with Crippen molar-refractivity contribution in [2.75, 3.05) is 13.6 Å². The number of hydrogen-bond acceptors (Lipinski definition) is 3. The van der Waals surface area contributed by atoms with Crippen molar-refractivity contribution in [3.05, 3.63) is 35.4 Å². The van der Waals surface area contributed by atoms with Crippen molar-refractivity contribution < 1.29 is 9.59 Å². The van der Waals surface area contributed by atoms with Crippen LogP contribution in [0.1, 0.15) is 22.8 Å².